The van der Waals surface area contributed by atoms with Crippen molar-refractivity contribution in [3.8, 4) is 0 Å². The molecule has 0 atom stereocenters. The van der Waals surface area contributed by atoms with Crippen LogP contribution in [-0.2, 0) is 15.3 Å². The fourth-order valence-electron chi connectivity index (χ4n) is 3.86. The summed E-state index contributed by atoms with van der Waals surface area (Å²) in [5, 5.41) is 14.7. The summed E-state index contributed by atoms with van der Waals surface area (Å²) >= 11 is 15.5. The normalized spacial score (nSPS) is 14.6. The number of carbonyl (C=O) groups excluding carboxylic acids is 2. The van der Waals surface area contributed by atoms with E-state index in [0.717, 1.165) is 15.7 Å². The first kappa shape index (κ1) is 26.8. The fraction of sp³-hybridized carbons (Fsp3) is 0.148. The van der Waals surface area contributed by atoms with Crippen molar-refractivity contribution in [2.24, 2.45) is 0 Å². The third kappa shape index (κ3) is 6.62. The quantitative estimate of drug-likeness (QED) is 0.0943. The first-order chi connectivity index (χ1) is 18.5. The first-order valence-electron chi connectivity index (χ1n) is 11.7. The van der Waals surface area contributed by atoms with Crippen LogP contribution in [0.4, 0.5) is 5.13 Å². The van der Waals surface area contributed by atoms with Crippen LogP contribution in [0, 0.1) is 0 Å². The van der Waals surface area contributed by atoms with E-state index >= 15 is 0 Å². The van der Waals surface area contributed by atoms with Gasteiger partial charge in [0.05, 0.1) is 4.91 Å². The summed E-state index contributed by atoms with van der Waals surface area (Å²) in [7, 11) is 0. The van der Waals surface area contributed by atoms with Crippen LogP contribution in [0.3, 0.4) is 0 Å². The molecule has 192 valence electrons. The zero-order chi connectivity index (χ0) is 26.5. The van der Waals surface area contributed by atoms with Crippen molar-refractivity contribution in [1.82, 2.24) is 15.1 Å². The van der Waals surface area contributed by atoms with E-state index in [-0.39, 0.29) is 18.2 Å². The van der Waals surface area contributed by atoms with Crippen molar-refractivity contribution in [2.45, 2.75) is 22.9 Å². The molecule has 0 aliphatic carbocycles. The molecule has 5 rings (SSSR count). The van der Waals surface area contributed by atoms with Crippen molar-refractivity contribution in [3.63, 3.8) is 0 Å². The molecule has 2 heterocycles. The van der Waals surface area contributed by atoms with Crippen molar-refractivity contribution < 1.29 is 9.59 Å². The molecule has 1 N–H and O–H groups in total. The van der Waals surface area contributed by atoms with E-state index < -0.39 is 0 Å². The smallest absolute Gasteiger partial charge is 0.266 e. The zero-order valence-electron chi connectivity index (χ0n) is 19.9. The zero-order valence-corrected chi connectivity index (χ0v) is 23.9. The number of benzene rings is 3. The molecule has 38 heavy (non-hydrogen) atoms. The Balaban J connectivity index is 1.09. The van der Waals surface area contributed by atoms with Gasteiger partial charge in [0.25, 0.3) is 5.91 Å². The van der Waals surface area contributed by atoms with Crippen LogP contribution in [0.25, 0.3) is 16.8 Å². The molecule has 0 unspecified atom stereocenters. The number of thiocarbonyl (C=S) groups is 1. The number of carbonyl (C=O) groups is 2. The van der Waals surface area contributed by atoms with Crippen molar-refractivity contribution in [2.75, 3.05) is 11.9 Å². The number of amides is 2. The number of rotatable bonds is 9. The Kier molecular flexibility index (Phi) is 8.75. The minimum absolute atomic E-state index is 0.146. The number of anilines is 1. The lowest BCUT2D eigenvalue weighted by Gasteiger charge is -2.13. The Morgan fingerprint density at radius 2 is 1.87 bits per heavy atom. The molecule has 3 aromatic carbocycles. The molecule has 1 aromatic heterocycles. The molecule has 1 aliphatic rings. The van der Waals surface area contributed by atoms with Gasteiger partial charge in [0.1, 0.15) is 4.32 Å². The summed E-state index contributed by atoms with van der Waals surface area (Å²) in [5.74, 6) is 0.446. The molecule has 0 saturated carbocycles. The molecule has 4 aromatic rings. The van der Waals surface area contributed by atoms with Crippen LogP contribution < -0.4 is 5.32 Å². The SMILES string of the molecule is O=C(CCCN1C(=O)/C(=C/c2ccc(Cl)cc2)SC1=S)Nc1nnc(SCc2cccc3ccccc23)s1. The van der Waals surface area contributed by atoms with Crippen LogP contribution in [0.1, 0.15) is 24.0 Å². The van der Waals surface area contributed by atoms with E-state index in [1.807, 2.05) is 24.3 Å². The Labute approximate surface area is 242 Å². The van der Waals surface area contributed by atoms with Gasteiger partial charge >= 0.3 is 0 Å². The molecule has 1 fully saturated rings. The number of aromatic nitrogens is 2. The van der Waals surface area contributed by atoms with Crippen molar-refractivity contribution in [3.05, 3.63) is 87.8 Å². The number of nitrogens with zero attached hydrogens (tertiary/aromatic N) is 3. The third-order valence-corrected chi connectivity index (χ3v) is 9.36. The summed E-state index contributed by atoms with van der Waals surface area (Å²) in [6.07, 6.45) is 2.52. The second-order valence-corrected chi connectivity index (χ2v) is 12.6. The highest BCUT2D eigenvalue weighted by Gasteiger charge is 2.31. The maximum absolute atomic E-state index is 12.8. The largest absolute Gasteiger partial charge is 0.301 e. The Hall–Kier alpha value is -2.76. The third-order valence-electron chi connectivity index (χ3n) is 5.71. The summed E-state index contributed by atoms with van der Waals surface area (Å²) < 4.78 is 1.28. The fourth-order valence-corrected chi connectivity index (χ4v) is 7.07. The Morgan fingerprint density at radius 3 is 2.71 bits per heavy atom. The number of fused-ring (bicyclic) bond motifs is 1. The maximum atomic E-state index is 12.8. The lowest BCUT2D eigenvalue weighted by atomic mass is 10.1. The van der Waals surface area contributed by atoms with E-state index in [1.54, 1.807) is 34.9 Å². The highest BCUT2D eigenvalue weighted by Crippen LogP contribution is 2.33. The van der Waals surface area contributed by atoms with Gasteiger partial charge in [-0.25, -0.2) is 0 Å². The summed E-state index contributed by atoms with van der Waals surface area (Å²) in [6.45, 7) is 0.373. The molecule has 2 amide bonds. The molecule has 1 aliphatic heterocycles. The van der Waals surface area contributed by atoms with E-state index in [1.165, 1.54) is 39.4 Å². The first-order valence-corrected chi connectivity index (χ1v) is 15.1. The van der Waals surface area contributed by atoms with Gasteiger partial charge in [-0.15, -0.1) is 10.2 Å². The minimum Gasteiger partial charge on any atom is -0.301 e. The predicted octanol–water partition coefficient (Wildman–Crippen LogP) is 7.26. The number of hydrogen-bond donors (Lipinski definition) is 1. The standard InChI is InChI=1S/C27H21ClN4O2S4/c28-20-12-10-17(11-13-20)15-22-24(34)32(27(35)37-22)14-4-9-23(33)29-25-30-31-26(38-25)36-16-19-7-3-6-18-5-1-2-8-21(18)19/h1-3,5-8,10-13,15H,4,9,14,16H2,(H,29,30,33)/b22-15-. The number of halogens is 1. The summed E-state index contributed by atoms with van der Waals surface area (Å²) in [6, 6.07) is 21.8. The van der Waals surface area contributed by atoms with E-state index in [2.05, 4.69) is 45.8 Å². The van der Waals surface area contributed by atoms with E-state index in [0.29, 0.717) is 32.3 Å². The van der Waals surface area contributed by atoms with Crippen LogP contribution in [-0.4, -0.2) is 37.8 Å². The lowest BCUT2D eigenvalue weighted by molar-refractivity contribution is -0.122. The second-order valence-electron chi connectivity index (χ2n) is 8.34. The number of hydrogen-bond acceptors (Lipinski definition) is 8. The Bertz CT molecular complexity index is 1530. The van der Waals surface area contributed by atoms with Gasteiger partial charge in [0.2, 0.25) is 11.0 Å². The molecule has 11 heteroatoms. The molecule has 0 spiro atoms. The van der Waals surface area contributed by atoms with Gasteiger partial charge in [-0.3, -0.25) is 14.5 Å². The summed E-state index contributed by atoms with van der Waals surface area (Å²) in [5.41, 5.74) is 2.11. The van der Waals surface area contributed by atoms with Crippen molar-refractivity contribution in [1.29, 1.82) is 0 Å². The second kappa shape index (κ2) is 12.4. The van der Waals surface area contributed by atoms with Gasteiger partial charge in [-0.05, 0) is 46.5 Å². The molecular weight excluding hydrogens is 576 g/mol. The van der Waals surface area contributed by atoms with Gasteiger partial charge in [0.15, 0.2) is 4.34 Å². The average molecular weight is 597 g/mol. The van der Waals surface area contributed by atoms with Crippen LogP contribution in [0.5, 0.6) is 0 Å². The molecule has 0 bridgehead atoms. The van der Waals surface area contributed by atoms with Gasteiger partial charge in [-0.2, -0.15) is 0 Å². The molecular formula is C27H21ClN4O2S4. The molecule has 6 nitrogen and oxygen atoms in total. The van der Waals surface area contributed by atoms with E-state index in [9.17, 15) is 9.59 Å². The minimum atomic E-state index is -0.172. The van der Waals surface area contributed by atoms with Crippen LogP contribution in [0.2, 0.25) is 5.02 Å². The van der Waals surface area contributed by atoms with E-state index in [4.69, 9.17) is 23.8 Å². The molecule has 1 saturated heterocycles. The predicted molar refractivity (Wildman–Crippen MR) is 163 cm³/mol. The highest BCUT2D eigenvalue weighted by molar-refractivity contribution is 8.26. The van der Waals surface area contributed by atoms with Crippen LogP contribution in [0.15, 0.2) is 76.0 Å². The maximum Gasteiger partial charge on any atom is 0.266 e. The average Bonchev–Trinajstić information content (AvgIpc) is 3.47. The highest BCUT2D eigenvalue weighted by atomic mass is 35.5. The van der Waals surface area contributed by atoms with Crippen molar-refractivity contribution >= 4 is 96.8 Å². The Morgan fingerprint density at radius 1 is 1.08 bits per heavy atom. The van der Waals surface area contributed by atoms with Crippen LogP contribution >= 0.6 is 58.7 Å². The topological polar surface area (TPSA) is 75.2 Å². The van der Waals surface area contributed by atoms with Gasteiger partial charge < -0.3 is 5.32 Å². The molecule has 0 radical (unpaired) electrons. The summed E-state index contributed by atoms with van der Waals surface area (Å²) in [4.78, 5) is 27.4. The van der Waals surface area contributed by atoms with Gasteiger partial charge in [0, 0.05) is 23.7 Å². The lowest BCUT2D eigenvalue weighted by Crippen LogP contribution is -2.29. The monoisotopic (exact) mass is 596 g/mol. The van der Waals surface area contributed by atoms with Gasteiger partial charge in [-0.1, -0.05) is 113 Å². The number of nitrogens with one attached hydrogen (secondary N) is 1. The number of thioether (sulfide) groups is 2.